The highest BCUT2D eigenvalue weighted by atomic mass is 32.1. The van der Waals surface area contributed by atoms with Crippen LogP contribution >= 0.6 is 11.3 Å². The van der Waals surface area contributed by atoms with Crippen molar-refractivity contribution >= 4 is 39.0 Å². The summed E-state index contributed by atoms with van der Waals surface area (Å²) in [5.74, 6) is 0.128. The molecule has 0 bridgehead atoms. The number of carbonyl (C=O) groups is 2. The molecule has 0 saturated carbocycles. The van der Waals surface area contributed by atoms with Gasteiger partial charge >= 0.3 is 6.03 Å². The number of fused-ring (bicyclic) bond motifs is 1. The van der Waals surface area contributed by atoms with E-state index in [1.807, 2.05) is 49.1 Å². The first-order chi connectivity index (χ1) is 14.0. The van der Waals surface area contributed by atoms with E-state index in [0.717, 1.165) is 27.8 Å². The van der Waals surface area contributed by atoms with E-state index in [-0.39, 0.29) is 11.9 Å². The zero-order valence-corrected chi connectivity index (χ0v) is 17.6. The minimum Gasteiger partial charge on any atom is -0.339 e. The van der Waals surface area contributed by atoms with Gasteiger partial charge in [0.1, 0.15) is 0 Å². The molecule has 150 valence electrons. The second-order valence-corrected chi connectivity index (χ2v) is 8.39. The van der Waals surface area contributed by atoms with Crippen LogP contribution in [0.2, 0.25) is 0 Å². The Labute approximate surface area is 174 Å². The first-order valence-corrected chi connectivity index (χ1v) is 10.8. The summed E-state index contributed by atoms with van der Waals surface area (Å²) < 4.78 is 1.21. The van der Waals surface area contributed by atoms with E-state index >= 15 is 0 Å². The standard InChI is InChI=1S/C23H25N3O2S/c1-16-6-5-8-20(17(16)2)24-23(28)26-12-10-25(11-13-26)22(27)14-18-15-29-21-9-4-3-7-19(18)21/h3-9,15H,10-14H2,1-2H3,(H,24,28). The van der Waals surface area contributed by atoms with Crippen LogP contribution in [0.15, 0.2) is 47.8 Å². The van der Waals surface area contributed by atoms with Crippen molar-refractivity contribution in [2.75, 3.05) is 31.5 Å². The molecule has 2 heterocycles. The molecule has 1 aliphatic heterocycles. The minimum absolute atomic E-state index is 0.102. The number of thiophene rings is 1. The van der Waals surface area contributed by atoms with Crippen molar-refractivity contribution in [1.82, 2.24) is 9.80 Å². The minimum atomic E-state index is -0.102. The highest BCUT2D eigenvalue weighted by Crippen LogP contribution is 2.26. The Balaban J connectivity index is 1.33. The monoisotopic (exact) mass is 407 g/mol. The maximum atomic E-state index is 12.8. The largest absolute Gasteiger partial charge is 0.339 e. The topological polar surface area (TPSA) is 52.7 Å². The first kappa shape index (κ1) is 19.5. The maximum absolute atomic E-state index is 12.8. The second kappa shape index (κ2) is 8.25. The molecule has 0 aliphatic carbocycles. The van der Waals surface area contributed by atoms with Crippen molar-refractivity contribution in [2.24, 2.45) is 0 Å². The molecule has 4 rings (SSSR count). The predicted octanol–water partition coefficient (Wildman–Crippen LogP) is 4.44. The molecule has 1 saturated heterocycles. The third kappa shape index (κ3) is 4.12. The zero-order valence-electron chi connectivity index (χ0n) is 16.8. The van der Waals surface area contributed by atoms with Crippen LogP contribution in [0.3, 0.4) is 0 Å². The number of hydrogen-bond donors (Lipinski definition) is 1. The summed E-state index contributed by atoms with van der Waals surface area (Å²) >= 11 is 1.68. The molecule has 0 spiro atoms. The van der Waals surface area contributed by atoms with Gasteiger partial charge in [-0.3, -0.25) is 4.79 Å². The Morgan fingerprint density at radius 3 is 2.48 bits per heavy atom. The number of nitrogens with zero attached hydrogens (tertiary/aromatic N) is 2. The van der Waals surface area contributed by atoms with E-state index in [1.165, 1.54) is 4.70 Å². The normalized spacial score (nSPS) is 14.3. The molecule has 29 heavy (non-hydrogen) atoms. The van der Waals surface area contributed by atoms with Crippen LogP contribution in [0.25, 0.3) is 10.1 Å². The number of amides is 3. The fourth-order valence-corrected chi connectivity index (χ4v) is 4.65. The van der Waals surface area contributed by atoms with Gasteiger partial charge in [-0.2, -0.15) is 0 Å². The molecule has 0 radical (unpaired) electrons. The molecule has 2 aromatic carbocycles. The summed E-state index contributed by atoms with van der Waals surface area (Å²) in [5.41, 5.74) is 4.17. The van der Waals surface area contributed by atoms with Gasteiger partial charge in [-0.05, 0) is 53.4 Å². The fraction of sp³-hybridized carbons (Fsp3) is 0.304. The molecular weight excluding hydrogens is 382 g/mol. The second-order valence-electron chi connectivity index (χ2n) is 7.48. The van der Waals surface area contributed by atoms with Crippen LogP contribution in [0, 0.1) is 13.8 Å². The molecule has 3 amide bonds. The van der Waals surface area contributed by atoms with Gasteiger partial charge in [0.25, 0.3) is 0 Å². The molecule has 6 heteroatoms. The van der Waals surface area contributed by atoms with Crippen molar-refractivity contribution in [3.63, 3.8) is 0 Å². The van der Waals surface area contributed by atoms with Gasteiger partial charge < -0.3 is 15.1 Å². The third-order valence-electron chi connectivity index (χ3n) is 5.67. The summed E-state index contributed by atoms with van der Waals surface area (Å²) in [7, 11) is 0. The van der Waals surface area contributed by atoms with Crippen molar-refractivity contribution in [3.05, 3.63) is 64.5 Å². The number of benzene rings is 2. The number of piperazine rings is 1. The molecule has 1 aromatic heterocycles. The predicted molar refractivity (Wildman–Crippen MR) is 119 cm³/mol. The lowest BCUT2D eigenvalue weighted by Crippen LogP contribution is -2.52. The van der Waals surface area contributed by atoms with Gasteiger partial charge in [0.15, 0.2) is 0 Å². The highest BCUT2D eigenvalue weighted by Gasteiger charge is 2.25. The van der Waals surface area contributed by atoms with Gasteiger partial charge in [0, 0.05) is 36.6 Å². The van der Waals surface area contributed by atoms with E-state index in [0.29, 0.717) is 32.6 Å². The van der Waals surface area contributed by atoms with Gasteiger partial charge in [-0.1, -0.05) is 30.3 Å². The Hall–Kier alpha value is -2.86. The molecular formula is C23H25N3O2S. The zero-order chi connectivity index (χ0) is 20.4. The smallest absolute Gasteiger partial charge is 0.321 e. The Morgan fingerprint density at radius 1 is 0.966 bits per heavy atom. The average molecular weight is 408 g/mol. The summed E-state index contributed by atoms with van der Waals surface area (Å²) in [5, 5.41) is 6.25. The van der Waals surface area contributed by atoms with Gasteiger partial charge in [0.2, 0.25) is 5.91 Å². The maximum Gasteiger partial charge on any atom is 0.321 e. The molecule has 1 N–H and O–H groups in total. The van der Waals surface area contributed by atoms with E-state index in [4.69, 9.17) is 0 Å². The Bertz CT molecular complexity index is 1050. The summed E-state index contributed by atoms with van der Waals surface area (Å²) in [4.78, 5) is 29.0. The number of urea groups is 1. The van der Waals surface area contributed by atoms with Gasteiger partial charge in [-0.25, -0.2) is 4.79 Å². The van der Waals surface area contributed by atoms with E-state index < -0.39 is 0 Å². The third-order valence-corrected chi connectivity index (χ3v) is 6.68. The number of anilines is 1. The van der Waals surface area contributed by atoms with Crippen molar-refractivity contribution < 1.29 is 9.59 Å². The number of rotatable bonds is 3. The molecule has 0 atom stereocenters. The number of aryl methyl sites for hydroxylation is 1. The number of hydrogen-bond acceptors (Lipinski definition) is 3. The van der Waals surface area contributed by atoms with Crippen LogP contribution in [-0.2, 0) is 11.2 Å². The SMILES string of the molecule is Cc1cccc(NC(=O)N2CCN(C(=O)Cc3csc4ccccc34)CC2)c1C. The molecule has 1 aliphatic rings. The molecule has 5 nitrogen and oxygen atoms in total. The number of carbonyl (C=O) groups excluding carboxylic acids is 2. The average Bonchev–Trinajstić information content (AvgIpc) is 3.14. The van der Waals surface area contributed by atoms with Gasteiger partial charge in [0.05, 0.1) is 6.42 Å². The van der Waals surface area contributed by atoms with Gasteiger partial charge in [-0.15, -0.1) is 11.3 Å². The molecule has 1 fully saturated rings. The molecule has 0 unspecified atom stereocenters. The van der Waals surface area contributed by atoms with Crippen molar-refractivity contribution in [1.29, 1.82) is 0 Å². The van der Waals surface area contributed by atoms with E-state index in [1.54, 1.807) is 16.2 Å². The van der Waals surface area contributed by atoms with Crippen LogP contribution < -0.4 is 5.32 Å². The Morgan fingerprint density at radius 2 is 1.69 bits per heavy atom. The van der Waals surface area contributed by atoms with E-state index in [2.05, 4.69) is 22.8 Å². The first-order valence-electron chi connectivity index (χ1n) is 9.88. The van der Waals surface area contributed by atoms with E-state index in [9.17, 15) is 9.59 Å². The van der Waals surface area contributed by atoms with Crippen LogP contribution in [0.5, 0.6) is 0 Å². The quantitative estimate of drug-likeness (QED) is 0.698. The van der Waals surface area contributed by atoms with Crippen LogP contribution in [0.4, 0.5) is 10.5 Å². The number of nitrogens with one attached hydrogen (secondary N) is 1. The lowest BCUT2D eigenvalue weighted by atomic mass is 10.1. The molecule has 3 aromatic rings. The van der Waals surface area contributed by atoms with Crippen LogP contribution in [0.1, 0.15) is 16.7 Å². The van der Waals surface area contributed by atoms with Crippen molar-refractivity contribution in [2.45, 2.75) is 20.3 Å². The summed E-state index contributed by atoms with van der Waals surface area (Å²) in [6.07, 6.45) is 0.415. The Kier molecular flexibility index (Phi) is 5.53. The summed E-state index contributed by atoms with van der Waals surface area (Å²) in [6, 6.07) is 14.0. The lowest BCUT2D eigenvalue weighted by molar-refractivity contribution is -0.131. The fourth-order valence-electron chi connectivity index (χ4n) is 3.68. The highest BCUT2D eigenvalue weighted by molar-refractivity contribution is 7.17. The lowest BCUT2D eigenvalue weighted by Gasteiger charge is -2.35. The van der Waals surface area contributed by atoms with Crippen LogP contribution in [-0.4, -0.2) is 47.9 Å². The van der Waals surface area contributed by atoms with Crippen molar-refractivity contribution in [3.8, 4) is 0 Å². The summed E-state index contributed by atoms with van der Waals surface area (Å²) in [6.45, 7) is 6.28.